The summed E-state index contributed by atoms with van der Waals surface area (Å²) in [5.41, 5.74) is -2.06. The van der Waals surface area contributed by atoms with Gasteiger partial charge in [0.15, 0.2) is 19.6 Å². The predicted octanol–water partition coefficient (Wildman–Crippen LogP) is 0.301. The van der Waals surface area contributed by atoms with Crippen molar-refractivity contribution in [2.24, 2.45) is 15.5 Å². The third kappa shape index (κ3) is 2.61. The molecule has 0 N–H and O–H groups in total. The minimum absolute atomic E-state index is 0.794. The van der Waals surface area contributed by atoms with Crippen LogP contribution in [0.5, 0.6) is 0 Å². The lowest BCUT2D eigenvalue weighted by Gasteiger charge is -2.14. The maximum Gasteiger partial charge on any atom is 0.289 e. The van der Waals surface area contributed by atoms with Crippen LogP contribution in [0.3, 0.4) is 0 Å². The van der Waals surface area contributed by atoms with E-state index in [2.05, 4.69) is 15.5 Å². The summed E-state index contributed by atoms with van der Waals surface area (Å²) in [4.78, 5) is 39.0. The van der Waals surface area contributed by atoms with Gasteiger partial charge in [-0.2, -0.15) is 14.7 Å². The molecule has 0 amide bonds. The molecule has 0 spiro atoms. The average molecular weight is 190 g/mol. The van der Waals surface area contributed by atoms with Crippen LogP contribution in [0.2, 0.25) is 0 Å². The van der Waals surface area contributed by atoms with E-state index in [1.807, 2.05) is 0 Å². The van der Waals surface area contributed by atoms with Gasteiger partial charge in [0.1, 0.15) is 0 Å². The van der Waals surface area contributed by atoms with E-state index < -0.39 is 30.1 Å². The Morgan fingerprint density at radius 1 is 1.00 bits per heavy atom. The highest BCUT2D eigenvalue weighted by atomic mass is 16.6. The molecule has 0 aliphatic rings. The third-order valence-electron chi connectivity index (χ3n) is 1.46. The van der Waals surface area contributed by atoms with Crippen LogP contribution in [0, 0.1) is 24.8 Å². The number of rotatable bonds is 7. The van der Waals surface area contributed by atoms with Crippen LogP contribution >= 0.6 is 0 Å². The molecule has 9 nitrogen and oxygen atoms in total. The van der Waals surface area contributed by atoms with E-state index in [0.717, 1.165) is 0 Å². The predicted molar refractivity (Wildman–Crippen MR) is 41.7 cm³/mol. The van der Waals surface area contributed by atoms with Crippen LogP contribution in [0.25, 0.3) is 0 Å². The Kier molecular flexibility index (Phi) is 4.27. The van der Waals surface area contributed by atoms with E-state index in [4.69, 9.17) is 0 Å². The minimum Gasteiger partial charge on any atom is -0.264 e. The topological polar surface area (TPSA) is 131 Å². The molecule has 0 aromatic carbocycles. The number of nitroso groups, excluding NO2 is 3. The molecule has 0 rings (SSSR count). The fourth-order valence-electron chi connectivity index (χ4n) is 0.684. The highest BCUT2D eigenvalue weighted by molar-refractivity contribution is 4.86. The molecule has 0 saturated carbocycles. The number of hydrogen-bond acceptors (Lipinski definition) is 8. The molecule has 0 aromatic rings. The standard InChI is InChI=1S/C4H6N4O5/c9-5-1-4(2-6-10,3-7-11)8(12)13/h1-3H2. The zero-order chi connectivity index (χ0) is 10.3. The molecule has 0 unspecified atom stereocenters. The first-order chi connectivity index (χ1) is 6.13. The van der Waals surface area contributed by atoms with Gasteiger partial charge in [0.25, 0.3) is 5.54 Å². The van der Waals surface area contributed by atoms with Crippen LogP contribution in [-0.4, -0.2) is 30.1 Å². The molecule has 0 saturated heterocycles. The van der Waals surface area contributed by atoms with E-state index in [1.54, 1.807) is 0 Å². The summed E-state index contributed by atoms with van der Waals surface area (Å²) in [7, 11) is 0. The van der Waals surface area contributed by atoms with Crippen LogP contribution in [0.15, 0.2) is 15.5 Å². The second kappa shape index (κ2) is 4.95. The lowest BCUT2D eigenvalue weighted by atomic mass is 10.0. The first-order valence-electron chi connectivity index (χ1n) is 3.15. The summed E-state index contributed by atoms with van der Waals surface area (Å²) >= 11 is 0. The second-order valence-electron chi connectivity index (χ2n) is 2.34. The van der Waals surface area contributed by atoms with Gasteiger partial charge in [-0.3, -0.25) is 10.1 Å². The van der Waals surface area contributed by atoms with Crippen molar-refractivity contribution in [3.05, 3.63) is 24.8 Å². The van der Waals surface area contributed by atoms with Crippen LogP contribution in [0.4, 0.5) is 0 Å². The summed E-state index contributed by atoms with van der Waals surface area (Å²) in [6.07, 6.45) is 0. The fraction of sp³-hybridized carbons (Fsp3) is 1.00. The Morgan fingerprint density at radius 2 is 1.31 bits per heavy atom. The van der Waals surface area contributed by atoms with Crippen molar-refractivity contribution in [2.75, 3.05) is 19.6 Å². The van der Waals surface area contributed by atoms with Crippen molar-refractivity contribution < 1.29 is 4.92 Å². The zero-order valence-electron chi connectivity index (χ0n) is 6.45. The quantitative estimate of drug-likeness (QED) is 0.323. The summed E-state index contributed by atoms with van der Waals surface area (Å²) in [6, 6.07) is 0. The SMILES string of the molecule is O=NCC(CN=O)(CN=O)[N+](=O)[O-]. The largest absolute Gasteiger partial charge is 0.289 e. The fourth-order valence-corrected chi connectivity index (χ4v) is 0.684. The molecule has 0 aromatic heterocycles. The van der Waals surface area contributed by atoms with E-state index in [-0.39, 0.29) is 0 Å². The molecule has 0 bridgehead atoms. The Labute approximate surface area is 71.6 Å². The van der Waals surface area contributed by atoms with Gasteiger partial charge >= 0.3 is 0 Å². The van der Waals surface area contributed by atoms with Gasteiger partial charge in [0.2, 0.25) is 0 Å². The second-order valence-corrected chi connectivity index (χ2v) is 2.34. The molecule has 0 fully saturated rings. The van der Waals surface area contributed by atoms with Crippen molar-refractivity contribution in [2.45, 2.75) is 5.54 Å². The zero-order valence-corrected chi connectivity index (χ0v) is 6.45. The molecule has 0 atom stereocenters. The number of nitrogens with zero attached hydrogens (tertiary/aromatic N) is 4. The monoisotopic (exact) mass is 190 g/mol. The molecule has 0 aliphatic heterocycles. The summed E-state index contributed by atoms with van der Waals surface area (Å²) in [6.45, 7) is -2.38. The number of hydrogen-bond donors (Lipinski definition) is 0. The molecule has 13 heavy (non-hydrogen) atoms. The minimum atomic E-state index is -2.06. The lowest BCUT2D eigenvalue weighted by molar-refractivity contribution is -0.560. The molecule has 72 valence electrons. The molecule has 0 radical (unpaired) electrons. The van der Waals surface area contributed by atoms with E-state index in [9.17, 15) is 24.8 Å². The van der Waals surface area contributed by atoms with Crippen molar-refractivity contribution in [3.8, 4) is 0 Å². The summed E-state index contributed by atoms with van der Waals surface area (Å²) in [5.74, 6) is 0. The Morgan fingerprint density at radius 3 is 1.46 bits per heavy atom. The number of nitro groups is 1. The molecular weight excluding hydrogens is 184 g/mol. The Bertz CT molecular complexity index is 202. The van der Waals surface area contributed by atoms with Crippen molar-refractivity contribution >= 4 is 0 Å². The maximum absolute atomic E-state index is 10.4. The maximum atomic E-state index is 10.4. The highest BCUT2D eigenvalue weighted by Gasteiger charge is 2.45. The third-order valence-corrected chi connectivity index (χ3v) is 1.46. The van der Waals surface area contributed by atoms with Gasteiger partial charge in [0.05, 0.1) is 0 Å². The first-order valence-corrected chi connectivity index (χ1v) is 3.15. The molecule has 0 aliphatic carbocycles. The van der Waals surface area contributed by atoms with Gasteiger partial charge < -0.3 is 0 Å². The normalized spacial score (nSPS) is 10.5. The van der Waals surface area contributed by atoms with Gasteiger partial charge in [0, 0.05) is 4.92 Å². The van der Waals surface area contributed by atoms with Gasteiger partial charge in [-0.15, -0.1) is 0 Å². The van der Waals surface area contributed by atoms with Crippen LogP contribution < -0.4 is 0 Å². The van der Waals surface area contributed by atoms with E-state index >= 15 is 0 Å². The highest BCUT2D eigenvalue weighted by Crippen LogP contribution is 2.12. The smallest absolute Gasteiger partial charge is 0.264 e. The average Bonchev–Trinajstić information content (AvgIpc) is 2.05. The van der Waals surface area contributed by atoms with Gasteiger partial charge in [-0.25, -0.2) is 0 Å². The van der Waals surface area contributed by atoms with Crippen LogP contribution in [-0.2, 0) is 0 Å². The van der Waals surface area contributed by atoms with Gasteiger partial charge in [-0.1, -0.05) is 15.5 Å². The van der Waals surface area contributed by atoms with E-state index in [0.29, 0.717) is 0 Å². The van der Waals surface area contributed by atoms with E-state index in [1.165, 1.54) is 0 Å². The van der Waals surface area contributed by atoms with Crippen LogP contribution in [0.1, 0.15) is 0 Å². The van der Waals surface area contributed by atoms with Crippen molar-refractivity contribution in [1.29, 1.82) is 0 Å². The molecular formula is C4H6N4O5. The summed E-state index contributed by atoms with van der Waals surface area (Å²) < 4.78 is 0. The summed E-state index contributed by atoms with van der Waals surface area (Å²) in [5, 5.41) is 17.2. The van der Waals surface area contributed by atoms with Gasteiger partial charge in [-0.05, 0) is 0 Å². The Hall–Kier alpha value is -1.80. The van der Waals surface area contributed by atoms with Crippen molar-refractivity contribution in [3.63, 3.8) is 0 Å². The molecule has 9 heteroatoms. The molecule has 0 heterocycles. The first kappa shape index (κ1) is 11.2. The Balaban J connectivity index is 4.76. The lowest BCUT2D eigenvalue weighted by Crippen LogP contribution is -2.47. The van der Waals surface area contributed by atoms with Crippen molar-refractivity contribution in [1.82, 2.24) is 0 Å².